The van der Waals surface area contributed by atoms with E-state index in [1.165, 1.54) is 36.4 Å². The van der Waals surface area contributed by atoms with Crippen molar-refractivity contribution < 1.29 is 9.31 Å². The number of nitro groups is 1. The summed E-state index contributed by atoms with van der Waals surface area (Å²) in [5.74, 6) is -0.526. The number of anilines is 2. The molecule has 0 atom stereocenters. The first-order chi connectivity index (χ1) is 8.97. The van der Waals surface area contributed by atoms with Gasteiger partial charge < -0.3 is 5.32 Å². The van der Waals surface area contributed by atoms with E-state index < -0.39 is 10.7 Å². The summed E-state index contributed by atoms with van der Waals surface area (Å²) >= 11 is 11.6. The second-order valence-electron chi connectivity index (χ2n) is 3.68. The summed E-state index contributed by atoms with van der Waals surface area (Å²) in [5, 5.41) is 13.6. The Morgan fingerprint density at radius 3 is 2.42 bits per heavy atom. The molecule has 0 amide bonds. The molecular weight excluding hydrogens is 294 g/mol. The number of nitrogens with one attached hydrogen (secondary N) is 1. The fourth-order valence-electron chi connectivity index (χ4n) is 1.45. The topological polar surface area (TPSA) is 55.2 Å². The number of hydrogen-bond donors (Lipinski definition) is 1. The van der Waals surface area contributed by atoms with E-state index in [9.17, 15) is 14.5 Å². The molecule has 0 fully saturated rings. The lowest BCUT2D eigenvalue weighted by molar-refractivity contribution is -0.384. The smallest absolute Gasteiger partial charge is 0.271 e. The van der Waals surface area contributed by atoms with Crippen LogP contribution >= 0.6 is 23.2 Å². The van der Waals surface area contributed by atoms with Crippen molar-refractivity contribution in [2.75, 3.05) is 5.32 Å². The number of hydrogen-bond acceptors (Lipinski definition) is 3. The third-order valence-electron chi connectivity index (χ3n) is 2.36. The molecule has 0 heterocycles. The second-order valence-corrected chi connectivity index (χ2v) is 4.49. The molecule has 0 saturated carbocycles. The molecule has 19 heavy (non-hydrogen) atoms. The lowest BCUT2D eigenvalue weighted by Crippen LogP contribution is -1.94. The Hall–Kier alpha value is -1.85. The fraction of sp³-hybridized carbons (Fsp3) is 0. The molecule has 98 valence electrons. The standard InChI is InChI=1S/C12H7Cl2FN2O2/c13-9-5-7(1-3-11(9)15)16-12-4-2-8(17(18)19)6-10(12)14/h1-6,16H. The maximum atomic E-state index is 13.0. The Morgan fingerprint density at radius 2 is 1.84 bits per heavy atom. The van der Waals surface area contributed by atoms with Crippen LogP contribution in [0.1, 0.15) is 0 Å². The van der Waals surface area contributed by atoms with Crippen molar-refractivity contribution in [1.82, 2.24) is 0 Å². The molecule has 0 aliphatic carbocycles. The SMILES string of the molecule is O=[N+]([O-])c1ccc(Nc2ccc(F)c(Cl)c2)c(Cl)c1. The maximum Gasteiger partial charge on any atom is 0.271 e. The molecule has 0 unspecified atom stereocenters. The molecule has 0 saturated heterocycles. The van der Waals surface area contributed by atoms with Crippen LogP contribution in [-0.4, -0.2) is 4.92 Å². The molecule has 0 aliphatic rings. The highest BCUT2D eigenvalue weighted by atomic mass is 35.5. The van der Waals surface area contributed by atoms with Crippen LogP contribution in [0.2, 0.25) is 10.0 Å². The van der Waals surface area contributed by atoms with E-state index in [0.717, 1.165) is 0 Å². The van der Waals surface area contributed by atoms with Gasteiger partial charge in [-0.2, -0.15) is 0 Å². The predicted molar refractivity (Wildman–Crippen MR) is 72.8 cm³/mol. The summed E-state index contributed by atoms with van der Waals surface area (Å²) in [7, 11) is 0. The molecule has 0 bridgehead atoms. The molecule has 1 N–H and O–H groups in total. The average molecular weight is 301 g/mol. The van der Waals surface area contributed by atoms with E-state index in [4.69, 9.17) is 23.2 Å². The van der Waals surface area contributed by atoms with E-state index in [-0.39, 0.29) is 15.7 Å². The highest BCUT2D eigenvalue weighted by Crippen LogP contribution is 2.30. The maximum absolute atomic E-state index is 13.0. The van der Waals surface area contributed by atoms with E-state index in [1.54, 1.807) is 0 Å². The first-order valence-corrected chi connectivity index (χ1v) is 5.89. The molecule has 2 aromatic rings. The number of rotatable bonds is 3. The highest BCUT2D eigenvalue weighted by molar-refractivity contribution is 6.33. The second kappa shape index (κ2) is 5.42. The Labute approximate surface area is 117 Å². The zero-order valence-electron chi connectivity index (χ0n) is 9.36. The number of benzene rings is 2. The number of nitrogens with zero attached hydrogens (tertiary/aromatic N) is 1. The third kappa shape index (κ3) is 3.13. The highest BCUT2D eigenvalue weighted by Gasteiger charge is 2.10. The summed E-state index contributed by atoms with van der Waals surface area (Å²) < 4.78 is 13.0. The van der Waals surface area contributed by atoms with Crippen LogP contribution in [0.15, 0.2) is 36.4 Å². The van der Waals surface area contributed by atoms with Crippen LogP contribution < -0.4 is 5.32 Å². The molecule has 7 heteroatoms. The summed E-state index contributed by atoms with van der Waals surface area (Å²) in [5.41, 5.74) is 0.893. The van der Waals surface area contributed by atoms with Crippen LogP contribution in [0.25, 0.3) is 0 Å². The molecule has 2 rings (SSSR count). The van der Waals surface area contributed by atoms with Gasteiger partial charge in [0.1, 0.15) is 5.82 Å². The summed E-state index contributed by atoms with van der Waals surface area (Å²) in [6.07, 6.45) is 0. The van der Waals surface area contributed by atoms with Crippen molar-refractivity contribution in [1.29, 1.82) is 0 Å². The first-order valence-electron chi connectivity index (χ1n) is 5.13. The van der Waals surface area contributed by atoms with Crippen LogP contribution in [0, 0.1) is 15.9 Å². The van der Waals surface area contributed by atoms with Crippen LogP contribution in [0.4, 0.5) is 21.5 Å². The fourth-order valence-corrected chi connectivity index (χ4v) is 1.85. The summed E-state index contributed by atoms with van der Waals surface area (Å²) in [6.45, 7) is 0. The van der Waals surface area contributed by atoms with Crippen molar-refractivity contribution >= 4 is 40.3 Å². The Balaban J connectivity index is 2.28. The molecule has 0 spiro atoms. The Bertz CT molecular complexity index is 650. The molecule has 0 radical (unpaired) electrons. The van der Waals surface area contributed by atoms with Gasteiger partial charge in [-0.25, -0.2) is 4.39 Å². The van der Waals surface area contributed by atoms with Gasteiger partial charge in [0, 0.05) is 17.8 Å². The molecule has 0 aromatic heterocycles. The number of non-ortho nitro benzene ring substituents is 1. The van der Waals surface area contributed by atoms with E-state index in [0.29, 0.717) is 11.4 Å². The lowest BCUT2D eigenvalue weighted by Gasteiger charge is -2.08. The van der Waals surface area contributed by atoms with Crippen molar-refractivity contribution in [3.63, 3.8) is 0 Å². The number of halogens is 3. The van der Waals surface area contributed by atoms with Gasteiger partial charge in [0.2, 0.25) is 0 Å². The predicted octanol–water partition coefficient (Wildman–Crippen LogP) is 4.78. The van der Waals surface area contributed by atoms with Crippen molar-refractivity contribution in [2.45, 2.75) is 0 Å². The van der Waals surface area contributed by atoms with Crippen molar-refractivity contribution in [3.05, 3.63) is 62.4 Å². The van der Waals surface area contributed by atoms with Gasteiger partial charge in [-0.3, -0.25) is 10.1 Å². The van der Waals surface area contributed by atoms with Crippen LogP contribution in [0.3, 0.4) is 0 Å². The molecule has 4 nitrogen and oxygen atoms in total. The minimum absolute atomic E-state index is 0.0250. The largest absolute Gasteiger partial charge is 0.354 e. The quantitative estimate of drug-likeness (QED) is 0.655. The van der Waals surface area contributed by atoms with Crippen LogP contribution in [-0.2, 0) is 0 Å². The minimum Gasteiger partial charge on any atom is -0.354 e. The Kier molecular flexibility index (Phi) is 3.87. The van der Waals surface area contributed by atoms with Gasteiger partial charge in [0.05, 0.1) is 20.7 Å². The third-order valence-corrected chi connectivity index (χ3v) is 2.96. The Morgan fingerprint density at radius 1 is 1.11 bits per heavy atom. The van der Waals surface area contributed by atoms with E-state index >= 15 is 0 Å². The van der Waals surface area contributed by atoms with Gasteiger partial charge in [-0.15, -0.1) is 0 Å². The van der Waals surface area contributed by atoms with Gasteiger partial charge in [0.25, 0.3) is 5.69 Å². The zero-order valence-corrected chi connectivity index (χ0v) is 10.9. The first kappa shape index (κ1) is 13.6. The molecular formula is C12H7Cl2FN2O2. The average Bonchev–Trinajstić information content (AvgIpc) is 2.36. The van der Waals surface area contributed by atoms with Crippen molar-refractivity contribution in [2.24, 2.45) is 0 Å². The summed E-state index contributed by atoms with van der Waals surface area (Å²) in [4.78, 5) is 10.0. The van der Waals surface area contributed by atoms with Gasteiger partial charge in [-0.05, 0) is 24.3 Å². The number of nitro benzene ring substituents is 1. The lowest BCUT2D eigenvalue weighted by atomic mass is 10.2. The molecule has 2 aromatic carbocycles. The van der Waals surface area contributed by atoms with E-state index in [1.807, 2.05) is 0 Å². The summed E-state index contributed by atoms with van der Waals surface area (Å²) in [6, 6.07) is 8.11. The van der Waals surface area contributed by atoms with Crippen molar-refractivity contribution in [3.8, 4) is 0 Å². The molecule has 0 aliphatic heterocycles. The normalized spacial score (nSPS) is 10.3. The van der Waals surface area contributed by atoms with Gasteiger partial charge in [-0.1, -0.05) is 23.2 Å². The van der Waals surface area contributed by atoms with Gasteiger partial charge >= 0.3 is 0 Å². The monoisotopic (exact) mass is 300 g/mol. The van der Waals surface area contributed by atoms with Gasteiger partial charge in [0.15, 0.2) is 0 Å². The minimum atomic E-state index is -0.537. The zero-order chi connectivity index (χ0) is 14.0. The van der Waals surface area contributed by atoms with Crippen LogP contribution in [0.5, 0.6) is 0 Å². The van der Waals surface area contributed by atoms with E-state index in [2.05, 4.69) is 5.32 Å².